The van der Waals surface area contributed by atoms with Gasteiger partial charge in [-0.1, -0.05) is 23.7 Å². The molecule has 0 heterocycles. The molecule has 19 heavy (non-hydrogen) atoms. The number of hydrogen-bond acceptors (Lipinski definition) is 3. The predicted molar refractivity (Wildman–Crippen MR) is 79.0 cm³/mol. The van der Waals surface area contributed by atoms with Gasteiger partial charge in [0.1, 0.15) is 0 Å². The van der Waals surface area contributed by atoms with Gasteiger partial charge >= 0.3 is 0 Å². The Hall–Kier alpha value is -1.30. The van der Waals surface area contributed by atoms with E-state index in [9.17, 15) is 0 Å². The summed E-state index contributed by atoms with van der Waals surface area (Å²) in [6, 6.07) is 7.59. The minimum Gasteiger partial charge on any atom is -0.382 e. The van der Waals surface area contributed by atoms with Crippen molar-refractivity contribution in [3.05, 3.63) is 34.9 Å². The third-order valence-electron chi connectivity index (χ3n) is 2.41. The molecule has 1 aromatic rings. The van der Waals surface area contributed by atoms with Gasteiger partial charge in [0.25, 0.3) is 0 Å². The van der Waals surface area contributed by atoms with E-state index in [2.05, 4.69) is 15.7 Å². The Kier molecular flexibility index (Phi) is 7.97. The molecule has 6 heteroatoms. The molecule has 106 valence electrons. The number of halogens is 1. The monoisotopic (exact) mass is 284 g/mol. The van der Waals surface area contributed by atoms with Crippen molar-refractivity contribution < 1.29 is 4.74 Å². The highest BCUT2D eigenvalue weighted by Crippen LogP contribution is 2.11. The van der Waals surface area contributed by atoms with Crippen molar-refractivity contribution in [3.63, 3.8) is 0 Å². The largest absolute Gasteiger partial charge is 0.382 e. The van der Waals surface area contributed by atoms with Gasteiger partial charge in [-0.3, -0.25) is 5.43 Å². The van der Waals surface area contributed by atoms with Crippen LogP contribution in [0.1, 0.15) is 18.9 Å². The molecule has 0 atom stereocenters. The van der Waals surface area contributed by atoms with E-state index in [0.717, 1.165) is 31.7 Å². The fraction of sp³-hybridized carbons (Fsp3) is 0.462. The van der Waals surface area contributed by atoms with Crippen molar-refractivity contribution >= 4 is 17.6 Å². The van der Waals surface area contributed by atoms with Crippen LogP contribution in [0, 0.1) is 0 Å². The molecule has 0 amide bonds. The highest BCUT2D eigenvalue weighted by atomic mass is 35.5. The fourth-order valence-electron chi connectivity index (χ4n) is 1.48. The van der Waals surface area contributed by atoms with Gasteiger partial charge in [-0.25, -0.2) is 10.8 Å². The average molecular weight is 285 g/mol. The molecule has 0 saturated heterocycles. The van der Waals surface area contributed by atoms with E-state index in [1.807, 2.05) is 31.2 Å². The first-order valence-electron chi connectivity index (χ1n) is 6.33. The van der Waals surface area contributed by atoms with E-state index in [-0.39, 0.29) is 0 Å². The minimum absolute atomic E-state index is 0.526. The zero-order chi connectivity index (χ0) is 13.9. The van der Waals surface area contributed by atoms with Crippen LogP contribution in [0.5, 0.6) is 0 Å². The Balaban J connectivity index is 2.35. The second kappa shape index (κ2) is 9.61. The first-order chi connectivity index (χ1) is 9.26. The van der Waals surface area contributed by atoms with Gasteiger partial charge in [0.05, 0.1) is 6.54 Å². The quantitative estimate of drug-likeness (QED) is 0.234. The van der Waals surface area contributed by atoms with E-state index in [4.69, 9.17) is 22.2 Å². The van der Waals surface area contributed by atoms with E-state index < -0.39 is 0 Å². The van der Waals surface area contributed by atoms with E-state index in [1.165, 1.54) is 0 Å². The van der Waals surface area contributed by atoms with Gasteiger partial charge in [-0.2, -0.15) is 0 Å². The molecule has 0 aliphatic heterocycles. The molecule has 0 aromatic heterocycles. The highest BCUT2D eigenvalue weighted by molar-refractivity contribution is 6.30. The first kappa shape index (κ1) is 15.8. The second-order valence-corrected chi connectivity index (χ2v) is 4.35. The smallest absolute Gasteiger partial charge is 0.206 e. The Morgan fingerprint density at radius 2 is 2.32 bits per heavy atom. The molecule has 5 nitrogen and oxygen atoms in total. The van der Waals surface area contributed by atoms with Gasteiger partial charge in [0.15, 0.2) is 0 Å². The number of guanidine groups is 1. The highest BCUT2D eigenvalue weighted by Gasteiger charge is 1.97. The number of nitrogens with one attached hydrogen (secondary N) is 2. The topological polar surface area (TPSA) is 71.7 Å². The Labute approximate surface area is 119 Å². The third kappa shape index (κ3) is 7.00. The normalized spacial score (nSPS) is 11.4. The molecule has 0 unspecified atom stereocenters. The Bertz CT molecular complexity index is 398. The van der Waals surface area contributed by atoms with Crippen LogP contribution in [0.2, 0.25) is 5.02 Å². The molecule has 4 N–H and O–H groups in total. The summed E-state index contributed by atoms with van der Waals surface area (Å²) in [4.78, 5) is 4.34. The van der Waals surface area contributed by atoms with Crippen LogP contribution in [0.15, 0.2) is 29.3 Å². The summed E-state index contributed by atoms with van der Waals surface area (Å²) < 4.78 is 5.25. The number of aliphatic imine (C=N–C) groups is 1. The van der Waals surface area contributed by atoms with Gasteiger partial charge in [-0.05, 0) is 31.0 Å². The second-order valence-electron chi connectivity index (χ2n) is 3.92. The molecule has 0 bridgehead atoms. The standard InChI is InChI=1S/C13H21ClN4O/c1-2-19-8-4-7-16-13(18-15)17-10-11-5-3-6-12(14)9-11/h3,5-6,9H,2,4,7-8,10,15H2,1H3,(H2,16,17,18). The van der Waals surface area contributed by atoms with Crippen molar-refractivity contribution in [2.45, 2.75) is 19.9 Å². The zero-order valence-corrected chi connectivity index (χ0v) is 11.9. The lowest BCUT2D eigenvalue weighted by atomic mass is 10.2. The zero-order valence-electron chi connectivity index (χ0n) is 11.2. The maximum Gasteiger partial charge on any atom is 0.206 e. The molecule has 0 aliphatic rings. The molecular formula is C13H21ClN4O. The molecule has 0 radical (unpaired) electrons. The summed E-state index contributed by atoms with van der Waals surface area (Å²) in [5, 5.41) is 3.82. The van der Waals surface area contributed by atoms with Crippen molar-refractivity contribution in [2.24, 2.45) is 10.8 Å². The van der Waals surface area contributed by atoms with Gasteiger partial charge in [0, 0.05) is 24.8 Å². The maximum absolute atomic E-state index is 5.91. The molecular weight excluding hydrogens is 264 g/mol. The van der Waals surface area contributed by atoms with Crippen LogP contribution in [-0.2, 0) is 11.3 Å². The summed E-state index contributed by atoms with van der Waals surface area (Å²) in [7, 11) is 0. The Morgan fingerprint density at radius 3 is 3.00 bits per heavy atom. The number of nitrogens with two attached hydrogens (primary N) is 1. The van der Waals surface area contributed by atoms with Gasteiger partial charge < -0.3 is 10.1 Å². The summed E-state index contributed by atoms with van der Waals surface area (Å²) in [6.45, 7) is 4.74. The lowest BCUT2D eigenvalue weighted by Gasteiger charge is -2.09. The van der Waals surface area contributed by atoms with E-state index >= 15 is 0 Å². The maximum atomic E-state index is 5.91. The summed E-state index contributed by atoms with van der Waals surface area (Å²) >= 11 is 5.91. The minimum atomic E-state index is 0.526. The lowest BCUT2D eigenvalue weighted by Crippen LogP contribution is -2.42. The SMILES string of the molecule is CCOCCCNC(=NCc1cccc(Cl)c1)NN. The van der Waals surface area contributed by atoms with Crippen molar-refractivity contribution in [1.29, 1.82) is 0 Å². The van der Waals surface area contributed by atoms with Gasteiger partial charge in [0.2, 0.25) is 5.96 Å². The lowest BCUT2D eigenvalue weighted by molar-refractivity contribution is 0.145. The van der Waals surface area contributed by atoms with Crippen molar-refractivity contribution in [2.75, 3.05) is 19.8 Å². The number of ether oxygens (including phenoxy) is 1. The van der Waals surface area contributed by atoms with Crippen LogP contribution in [0.3, 0.4) is 0 Å². The Morgan fingerprint density at radius 1 is 1.47 bits per heavy atom. The van der Waals surface area contributed by atoms with Crippen LogP contribution in [0.25, 0.3) is 0 Å². The van der Waals surface area contributed by atoms with Crippen LogP contribution >= 0.6 is 11.6 Å². The molecule has 1 rings (SSSR count). The van der Waals surface area contributed by atoms with Crippen LogP contribution < -0.4 is 16.6 Å². The first-order valence-corrected chi connectivity index (χ1v) is 6.71. The number of benzene rings is 1. The summed E-state index contributed by atoms with van der Waals surface area (Å²) in [5.74, 6) is 5.97. The molecule has 0 saturated carbocycles. The number of hydrazine groups is 1. The number of nitrogens with zero attached hydrogens (tertiary/aromatic N) is 1. The van der Waals surface area contributed by atoms with E-state index in [1.54, 1.807) is 0 Å². The summed E-state index contributed by atoms with van der Waals surface area (Å²) in [6.07, 6.45) is 0.908. The van der Waals surface area contributed by atoms with Crippen molar-refractivity contribution in [3.8, 4) is 0 Å². The fourth-order valence-corrected chi connectivity index (χ4v) is 1.70. The van der Waals surface area contributed by atoms with Crippen molar-refractivity contribution in [1.82, 2.24) is 10.7 Å². The molecule has 0 fully saturated rings. The number of rotatable bonds is 7. The molecule has 0 aliphatic carbocycles. The number of hydrogen-bond donors (Lipinski definition) is 3. The molecule has 0 spiro atoms. The third-order valence-corrected chi connectivity index (χ3v) is 2.64. The van der Waals surface area contributed by atoms with E-state index in [0.29, 0.717) is 17.5 Å². The van der Waals surface area contributed by atoms with Crippen LogP contribution in [0.4, 0.5) is 0 Å². The summed E-state index contributed by atoms with van der Waals surface area (Å²) in [5.41, 5.74) is 3.58. The predicted octanol–water partition coefficient (Wildman–Crippen LogP) is 1.68. The van der Waals surface area contributed by atoms with Crippen LogP contribution in [-0.4, -0.2) is 25.7 Å². The van der Waals surface area contributed by atoms with Gasteiger partial charge in [-0.15, -0.1) is 0 Å². The average Bonchev–Trinajstić information content (AvgIpc) is 2.42. The molecule has 1 aromatic carbocycles.